The van der Waals surface area contributed by atoms with E-state index in [4.69, 9.17) is 14.2 Å². The van der Waals surface area contributed by atoms with Gasteiger partial charge in [0, 0.05) is 31.7 Å². The molecule has 1 aliphatic heterocycles. The maximum absolute atomic E-state index is 12.2. The molecule has 7 nitrogen and oxygen atoms in total. The number of hydrogen-bond acceptors (Lipinski definition) is 6. The fraction of sp³-hybridized carbons (Fsp3) is 0.500. The lowest BCUT2D eigenvalue weighted by Crippen LogP contribution is -2.50. The van der Waals surface area contributed by atoms with E-state index in [1.165, 1.54) is 12.8 Å². The van der Waals surface area contributed by atoms with Crippen LogP contribution in [0.1, 0.15) is 66.9 Å². The van der Waals surface area contributed by atoms with Crippen LogP contribution < -0.4 is 10.1 Å². The lowest BCUT2D eigenvalue weighted by Gasteiger charge is -2.35. The largest absolute Gasteiger partial charge is 0.496 e. The van der Waals surface area contributed by atoms with Gasteiger partial charge in [0.25, 0.3) is 0 Å². The van der Waals surface area contributed by atoms with E-state index in [0.29, 0.717) is 44.0 Å². The summed E-state index contributed by atoms with van der Waals surface area (Å²) in [5.74, 6) is -0.358. The van der Waals surface area contributed by atoms with Gasteiger partial charge in [-0.3, -0.25) is 4.79 Å². The molecule has 2 aromatic carbocycles. The monoisotopic (exact) mass is 481 g/mol. The van der Waals surface area contributed by atoms with E-state index in [9.17, 15) is 14.7 Å². The van der Waals surface area contributed by atoms with Gasteiger partial charge in [0.1, 0.15) is 11.3 Å². The summed E-state index contributed by atoms with van der Waals surface area (Å²) in [5, 5.41) is 13.3. The van der Waals surface area contributed by atoms with Crippen LogP contribution in [0.5, 0.6) is 5.75 Å². The van der Waals surface area contributed by atoms with E-state index >= 15 is 0 Å². The second-order valence-electron chi connectivity index (χ2n) is 9.64. The number of ether oxygens (including phenoxy) is 3. The average Bonchev–Trinajstić information content (AvgIpc) is 3.36. The molecule has 1 aliphatic carbocycles. The van der Waals surface area contributed by atoms with E-state index < -0.39 is 11.5 Å². The van der Waals surface area contributed by atoms with Crippen molar-refractivity contribution in [2.45, 2.75) is 70.6 Å². The highest BCUT2D eigenvalue weighted by Gasteiger charge is 2.40. The molecule has 2 N–H and O–H groups in total. The van der Waals surface area contributed by atoms with Crippen LogP contribution in [0.3, 0.4) is 0 Å². The van der Waals surface area contributed by atoms with Gasteiger partial charge in [0.2, 0.25) is 0 Å². The molecule has 0 aromatic heterocycles. The van der Waals surface area contributed by atoms with Crippen molar-refractivity contribution in [1.82, 2.24) is 0 Å². The van der Waals surface area contributed by atoms with Crippen LogP contribution in [0.4, 0.5) is 5.69 Å². The Kier molecular flexibility index (Phi) is 7.77. The minimum Gasteiger partial charge on any atom is -0.496 e. The van der Waals surface area contributed by atoms with Crippen molar-refractivity contribution in [3.05, 3.63) is 47.0 Å². The highest BCUT2D eigenvalue weighted by molar-refractivity contribution is 5.99. The Balaban J connectivity index is 1.71. The third-order valence-corrected chi connectivity index (χ3v) is 7.20. The molecule has 2 fully saturated rings. The SMILES string of the molecule is COc1cc(-c2ccc(NC3(C(=O)O)CCOCC3)cc2COC2CCCC2)cc(C)c1C(C)=O. The van der Waals surface area contributed by atoms with E-state index in [0.717, 1.165) is 40.8 Å². The number of hydrogen-bond donors (Lipinski definition) is 2. The maximum Gasteiger partial charge on any atom is 0.329 e. The molecule has 35 heavy (non-hydrogen) atoms. The minimum atomic E-state index is -1.05. The van der Waals surface area contributed by atoms with E-state index in [1.807, 2.05) is 37.3 Å². The number of anilines is 1. The number of methoxy groups -OCH3 is 1. The highest BCUT2D eigenvalue weighted by atomic mass is 16.5. The topological polar surface area (TPSA) is 94.1 Å². The molecule has 0 radical (unpaired) electrons. The Morgan fingerprint density at radius 1 is 1.14 bits per heavy atom. The van der Waals surface area contributed by atoms with Crippen LogP contribution in [0.2, 0.25) is 0 Å². The summed E-state index contributed by atoms with van der Waals surface area (Å²) in [7, 11) is 1.57. The number of carboxylic acids is 1. The van der Waals surface area contributed by atoms with Crippen molar-refractivity contribution in [3.8, 4) is 16.9 Å². The number of aliphatic carboxylic acids is 1. The van der Waals surface area contributed by atoms with Gasteiger partial charge in [0.15, 0.2) is 5.78 Å². The zero-order valence-electron chi connectivity index (χ0n) is 20.8. The predicted molar refractivity (Wildman–Crippen MR) is 134 cm³/mol. The van der Waals surface area contributed by atoms with Crippen LogP contribution in [0.25, 0.3) is 11.1 Å². The molecule has 0 unspecified atom stereocenters. The molecule has 2 aromatic rings. The van der Waals surface area contributed by atoms with Crippen LogP contribution in [-0.2, 0) is 20.9 Å². The van der Waals surface area contributed by atoms with Gasteiger partial charge in [0.05, 0.1) is 25.4 Å². The average molecular weight is 482 g/mol. The number of carbonyl (C=O) groups excluding carboxylic acids is 1. The Morgan fingerprint density at radius 3 is 2.49 bits per heavy atom. The maximum atomic E-state index is 12.2. The van der Waals surface area contributed by atoms with Crippen molar-refractivity contribution in [2.75, 3.05) is 25.6 Å². The lowest BCUT2D eigenvalue weighted by atomic mass is 9.89. The second-order valence-corrected chi connectivity index (χ2v) is 9.64. The normalized spacial score (nSPS) is 17.8. The van der Waals surface area contributed by atoms with Crippen LogP contribution in [-0.4, -0.2) is 48.8 Å². The first-order chi connectivity index (χ1) is 16.8. The van der Waals surface area contributed by atoms with Gasteiger partial charge in [-0.15, -0.1) is 0 Å². The lowest BCUT2D eigenvalue weighted by molar-refractivity contribution is -0.145. The fourth-order valence-corrected chi connectivity index (χ4v) is 5.25. The summed E-state index contributed by atoms with van der Waals surface area (Å²) in [5.41, 5.74) is 4.00. The van der Waals surface area contributed by atoms with Crippen LogP contribution >= 0.6 is 0 Å². The van der Waals surface area contributed by atoms with Gasteiger partial charge in [-0.1, -0.05) is 25.0 Å². The summed E-state index contributed by atoms with van der Waals surface area (Å²) in [4.78, 5) is 24.3. The highest BCUT2D eigenvalue weighted by Crippen LogP contribution is 2.36. The third-order valence-electron chi connectivity index (χ3n) is 7.20. The molecule has 0 amide bonds. The molecule has 7 heteroatoms. The van der Waals surface area contributed by atoms with E-state index in [1.54, 1.807) is 14.0 Å². The Labute approximate surface area is 206 Å². The molecule has 188 valence electrons. The molecular weight excluding hydrogens is 446 g/mol. The van der Waals surface area contributed by atoms with Gasteiger partial charge in [-0.2, -0.15) is 0 Å². The van der Waals surface area contributed by atoms with Gasteiger partial charge < -0.3 is 24.6 Å². The summed E-state index contributed by atoms with van der Waals surface area (Å²) >= 11 is 0. The van der Waals surface area contributed by atoms with Gasteiger partial charge >= 0.3 is 5.97 Å². The number of ketones is 1. The fourth-order valence-electron chi connectivity index (χ4n) is 5.25. The van der Waals surface area contributed by atoms with Gasteiger partial charge in [-0.25, -0.2) is 4.79 Å². The molecule has 2 aliphatic rings. The number of aryl methyl sites for hydroxylation is 1. The Bertz CT molecular complexity index is 1080. The summed E-state index contributed by atoms with van der Waals surface area (Å²) < 4.78 is 17.2. The molecule has 1 saturated carbocycles. The number of Topliss-reactive ketones (excluding diaryl/α,β-unsaturated/α-hetero) is 1. The smallest absolute Gasteiger partial charge is 0.329 e. The number of carbonyl (C=O) groups is 2. The van der Waals surface area contributed by atoms with Crippen molar-refractivity contribution in [2.24, 2.45) is 0 Å². The van der Waals surface area contributed by atoms with Crippen molar-refractivity contribution >= 4 is 17.4 Å². The first-order valence-electron chi connectivity index (χ1n) is 12.4. The third kappa shape index (κ3) is 5.52. The Morgan fingerprint density at radius 2 is 1.86 bits per heavy atom. The first-order valence-corrected chi connectivity index (χ1v) is 12.4. The molecule has 0 spiro atoms. The predicted octanol–water partition coefficient (Wildman–Crippen LogP) is 5.38. The van der Waals surface area contributed by atoms with Crippen molar-refractivity contribution in [1.29, 1.82) is 0 Å². The quantitative estimate of drug-likeness (QED) is 0.465. The molecule has 0 atom stereocenters. The zero-order chi connectivity index (χ0) is 25.0. The first kappa shape index (κ1) is 25.2. The molecule has 4 rings (SSSR count). The van der Waals surface area contributed by atoms with Crippen LogP contribution in [0.15, 0.2) is 30.3 Å². The molecular formula is C28H35NO6. The zero-order valence-corrected chi connectivity index (χ0v) is 20.8. The van der Waals surface area contributed by atoms with Crippen molar-refractivity contribution < 1.29 is 28.9 Å². The Hall–Kier alpha value is -2.90. The summed E-state index contributed by atoms with van der Waals surface area (Å²) in [6.45, 7) is 4.71. The molecule has 0 bridgehead atoms. The number of carboxylic acid groups (broad SMARTS) is 1. The minimum absolute atomic E-state index is 0.0364. The summed E-state index contributed by atoms with van der Waals surface area (Å²) in [6, 6.07) is 9.78. The number of benzene rings is 2. The van der Waals surface area contributed by atoms with Crippen molar-refractivity contribution in [3.63, 3.8) is 0 Å². The molecule has 1 heterocycles. The standard InChI is InChI=1S/C28H35NO6/c1-18-14-20(16-25(33-3)26(18)19(2)30)24-9-8-22(15-21(24)17-35-23-6-4-5-7-23)29-28(27(31)32)10-12-34-13-11-28/h8-9,14-16,23,29H,4-7,10-13,17H2,1-3H3,(H,31,32). The summed E-state index contributed by atoms with van der Waals surface area (Å²) in [6.07, 6.45) is 5.56. The number of rotatable bonds is 9. The van der Waals surface area contributed by atoms with Gasteiger partial charge in [-0.05, 0) is 67.1 Å². The van der Waals surface area contributed by atoms with E-state index in [2.05, 4.69) is 5.32 Å². The molecule has 1 saturated heterocycles. The second kappa shape index (κ2) is 10.8. The van der Waals surface area contributed by atoms with Crippen LogP contribution in [0, 0.1) is 6.92 Å². The van der Waals surface area contributed by atoms with E-state index in [-0.39, 0.29) is 11.9 Å². The number of nitrogens with one attached hydrogen (secondary N) is 1.